The summed E-state index contributed by atoms with van der Waals surface area (Å²) in [5, 5.41) is 0. The van der Waals surface area contributed by atoms with E-state index in [-0.39, 0.29) is 5.91 Å². The van der Waals surface area contributed by atoms with Crippen LogP contribution in [-0.4, -0.2) is 70.9 Å². The number of hydrogen-bond acceptors (Lipinski definition) is 6. The zero-order valence-corrected chi connectivity index (χ0v) is 16.2. The van der Waals surface area contributed by atoms with E-state index in [1.54, 1.807) is 18.6 Å². The number of pyridine rings is 1. The molecule has 3 rings (SSSR count). The van der Waals surface area contributed by atoms with Gasteiger partial charge in [-0.05, 0) is 37.9 Å². The van der Waals surface area contributed by atoms with Crippen LogP contribution in [0, 0.1) is 0 Å². The number of fused-ring (bicyclic) bond motifs is 2. The van der Waals surface area contributed by atoms with Crippen LogP contribution < -0.4 is 4.90 Å². The molecule has 0 saturated heterocycles. The number of rotatable bonds is 2. The molecule has 0 radical (unpaired) electrons. The fourth-order valence-electron chi connectivity index (χ4n) is 3.25. The molecule has 7 heteroatoms. The maximum atomic E-state index is 12.7. The van der Waals surface area contributed by atoms with E-state index in [4.69, 9.17) is 4.98 Å². The average molecular weight is 368 g/mol. The molecule has 0 spiro atoms. The van der Waals surface area contributed by atoms with Crippen LogP contribution in [0.15, 0.2) is 36.8 Å². The highest BCUT2D eigenvalue weighted by Crippen LogP contribution is 2.13. The van der Waals surface area contributed by atoms with Crippen molar-refractivity contribution in [1.29, 1.82) is 0 Å². The van der Waals surface area contributed by atoms with Gasteiger partial charge in [0.25, 0.3) is 0 Å². The summed E-state index contributed by atoms with van der Waals surface area (Å²) in [5.74, 6) is 1.14. The van der Waals surface area contributed by atoms with Crippen LogP contribution >= 0.6 is 0 Å². The molecule has 2 aromatic rings. The van der Waals surface area contributed by atoms with Gasteiger partial charge in [-0.25, -0.2) is 4.98 Å². The number of carbonyl (C=O) groups excluding carboxylic acids is 1. The molecule has 2 aromatic heterocycles. The van der Waals surface area contributed by atoms with Crippen LogP contribution in [0.4, 0.5) is 5.82 Å². The van der Waals surface area contributed by atoms with E-state index in [9.17, 15) is 4.79 Å². The van der Waals surface area contributed by atoms with E-state index >= 15 is 0 Å². The number of amides is 1. The summed E-state index contributed by atoms with van der Waals surface area (Å²) in [4.78, 5) is 32.1. The van der Waals surface area contributed by atoms with Gasteiger partial charge in [0, 0.05) is 58.0 Å². The third kappa shape index (κ3) is 5.72. The van der Waals surface area contributed by atoms with Gasteiger partial charge in [-0.1, -0.05) is 6.07 Å². The molecule has 0 unspecified atom stereocenters. The second kappa shape index (κ2) is 9.41. The monoisotopic (exact) mass is 368 g/mol. The summed E-state index contributed by atoms with van der Waals surface area (Å²) in [6.07, 6.45) is 7.87. The molecule has 0 fully saturated rings. The first kappa shape index (κ1) is 19.2. The van der Waals surface area contributed by atoms with Crippen molar-refractivity contribution in [2.45, 2.75) is 25.8 Å². The van der Waals surface area contributed by atoms with Crippen molar-refractivity contribution < 1.29 is 4.79 Å². The lowest BCUT2D eigenvalue weighted by Crippen LogP contribution is -2.40. The van der Waals surface area contributed by atoms with Gasteiger partial charge in [0.15, 0.2) is 0 Å². The molecule has 27 heavy (non-hydrogen) atoms. The SMILES string of the molecule is CN1CCCN(C)c2cccc(n2)CCCN(Cc2cnccn2)CC1=O. The first-order valence-corrected chi connectivity index (χ1v) is 9.50. The van der Waals surface area contributed by atoms with Gasteiger partial charge in [0.2, 0.25) is 5.91 Å². The molecule has 2 bridgehead atoms. The lowest BCUT2D eigenvalue weighted by atomic mass is 10.2. The zero-order valence-electron chi connectivity index (χ0n) is 16.2. The van der Waals surface area contributed by atoms with E-state index in [2.05, 4.69) is 38.9 Å². The number of nitrogens with zero attached hydrogens (tertiary/aromatic N) is 6. The topological polar surface area (TPSA) is 65.5 Å². The second-order valence-corrected chi connectivity index (χ2v) is 7.09. The predicted octanol–water partition coefficient (Wildman–Crippen LogP) is 1.60. The maximum Gasteiger partial charge on any atom is 0.236 e. The number of likely N-dealkylation sites (N-methyl/N-ethyl adjacent to an activating group) is 1. The van der Waals surface area contributed by atoms with Crippen LogP contribution in [0.3, 0.4) is 0 Å². The van der Waals surface area contributed by atoms with E-state index < -0.39 is 0 Å². The summed E-state index contributed by atoms with van der Waals surface area (Å²) < 4.78 is 0. The van der Waals surface area contributed by atoms with Crippen molar-refractivity contribution >= 4 is 11.7 Å². The van der Waals surface area contributed by atoms with Crippen molar-refractivity contribution in [2.24, 2.45) is 0 Å². The van der Waals surface area contributed by atoms with Crippen molar-refractivity contribution in [1.82, 2.24) is 24.8 Å². The highest BCUT2D eigenvalue weighted by molar-refractivity contribution is 5.77. The third-order valence-corrected chi connectivity index (χ3v) is 4.86. The number of aryl methyl sites for hydroxylation is 1. The average Bonchev–Trinajstić information content (AvgIpc) is 2.68. The largest absolute Gasteiger partial charge is 0.360 e. The number of hydrogen-bond donors (Lipinski definition) is 0. The maximum absolute atomic E-state index is 12.7. The minimum absolute atomic E-state index is 0.148. The van der Waals surface area contributed by atoms with Gasteiger partial charge < -0.3 is 9.80 Å². The molecule has 144 valence electrons. The van der Waals surface area contributed by atoms with Crippen LogP contribution in [0.25, 0.3) is 0 Å². The minimum atomic E-state index is 0.148. The first-order valence-electron chi connectivity index (χ1n) is 9.50. The van der Waals surface area contributed by atoms with Crippen molar-refractivity contribution in [3.05, 3.63) is 48.2 Å². The molecule has 0 aliphatic carbocycles. The molecular weight excluding hydrogens is 340 g/mol. The standard InChI is InChI=1S/C20H28N6O/c1-24-11-5-12-25(2)20(27)16-26(15-18-14-21-9-10-22-18)13-4-7-17-6-3-8-19(24)23-17/h3,6,8-10,14H,4-5,7,11-13,15-16H2,1-2H3. The van der Waals surface area contributed by atoms with Gasteiger partial charge in [-0.3, -0.25) is 19.7 Å². The summed E-state index contributed by atoms with van der Waals surface area (Å²) in [6.45, 7) is 3.46. The van der Waals surface area contributed by atoms with Crippen LogP contribution in [0.5, 0.6) is 0 Å². The molecular formula is C20H28N6O. The van der Waals surface area contributed by atoms with Crippen LogP contribution in [-0.2, 0) is 17.8 Å². The van der Waals surface area contributed by atoms with Crippen molar-refractivity contribution in [3.63, 3.8) is 0 Å². The quantitative estimate of drug-likeness (QED) is 0.802. The lowest BCUT2D eigenvalue weighted by molar-refractivity contribution is -0.131. The summed E-state index contributed by atoms with van der Waals surface area (Å²) >= 11 is 0. The Bertz CT molecular complexity index is 738. The molecule has 0 saturated carbocycles. The minimum Gasteiger partial charge on any atom is -0.360 e. The first-order chi connectivity index (χ1) is 13.1. The Morgan fingerprint density at radius 1 is 1.04 bits per heavy atom. The molecule has 1 amide bonds. The highest BCUT2D eigenvalue weighted by atomic mass is 16.2. The fourth-order valence-corrected chi connectivity index (χ4v) is 3.25. The highest BCUT2D eigenvalue weighted by Gasteiger charge is 2.16. The summed E-state index contributed by atoms with van der Waals surface area (Å²) in [7, 11) is 3.94. The molecule has 1 aliphatic rings. The van der Waals surface area contributed by atoms with E-state index in [1.807, 2.05) is 18.0 Å². The van der Waals surface area contributed by atoms with Gasteiger partial charge in [-0.15, -0.1) is 0 Å². The Morgan fingerprint density at radius 3 is 2.70 bits per heavy atom. The van der Waals surface area contributed by atoms with Gasteiger partial charge in [0.1, 0.15) is 5.82 Å². The van der Waals surface area contributed by atoms with Gasteiger partial charge in [-0.2, -0.15) is 0 Å². The zero-order chi connectivity index (χ0) is 19.1. The fraction of sp³-hybridized carbons (Fsp3) is 0.500. The Labute approximate surface area is 161 Å². The summed E-state index contributed by atoms with van der Waals surface area (Å²) in [6, 6.07) is 6.20. The van der Waals surface area contributed by atoms with E-state index in [0.29, 0.717) is 13.1 Å². The Kier molecular flexibility index (Phi) is 6.70. The smallest absolute Gasteiger partial charge is 0.236 e. The van der Waals surface area contributed by atoms with Gasteiger partial charge in [0.05, 0.1) is 12.2 Å². The van der Waals surface area contributed by atoms with E-state index in [0.717, 1.165) is 56.1 Å². The summed E-state index contributed by atoms with van der Waals surface area (Å²) in [5.41, 5.74) is 1.98. The predicted molar refractivity (Wildman–Crippen MR) is 105 cm³/mol. The normalized spacial score (nSPS) is 17.6. The molecule has 1 aliphatic heterocycles. The Morgan fingerprint density at radius 2 is 1.89 bits per heavy atom. The van der Waals surface area contributed by atoms with Crippen molar-refractivity contribution in [2.75, 3.05) is 45.2 Å². The van der Waals surface area contributed by atoms with Crippen LogP contribution in [0.1, 0.15) is 24.2 Å². The Balaban J connectivity index is 1.74. The Hall–Kier alpha value is -2.54. The third-order valence-electron chi connectivity index (χ3n) is 4.86. The molecule has 0 N–H and O–H groups in total. The molecule has 7 nitrogen and oxygen atoms in total. The number of carbonyl (C=O) groups is 1. The second-order valence-electron chi connectivity index (χ2n) is 7.09. The molecule has 0 atom stereocenters. The van der Waals surface area contributed by atoms with E-state index in [1.165, 1.54) is 0 Å². The number of anilines is 1. The lowest BCUT2D eigenvalue weighted by Gasteiger charge is -2.26. The number of aromatic nitrogens is 3. The molecule has 0 aromatic carbocycles. The van der Waals surface area contributed by atoms with Crippen LogP contribution in [0.2, 0.25) is 0 Å². The van der Waals surface area contributed by atoms with Crippen molar-refractivity contribution in [3.8, 4) is 0 Å². The molecule has 3 heterocycles. The van der Waals surface area contributed by atoms with Gasteiger partial charge >= 0.3 is 0 Å².